The number of nitrogens with one attached hydrogen (secondary N) is 2. The zero-order valence-corrected chi connectivity index (χ0v) is 15.2. The van der Waals surface area contributed by atoms with Gasteiger partial charge in [-0.15, -0.1) is 0 Å². The number of nitrogens with two attached hydrogens (primary N) is 2. The maximum absolute atomic E-state index is 12.4. The number of carbonyl (C=O) groups is 2. The number of nitrogen functional groups attached to an aromatic ring is 1. The molecule has 0 saturated heterocycles. The smallest absolute Gasteiger partial charge is 0.271 e. The molecule has 2 aromatic carbocycles. The summed E-state index contributed by atoms with van der Waals surface area (Å²) < 4.78 is 7.33. The van der Waals surface area contributed by atoms with E-state index in [-0.39, 0.29) is 6.61 Å². The molecule has 8 nitrogen and oxygen atoms in total. The van der Waals surface area contributed by atoms with Crippen LogP contribution >= 0.6 is 11.6 Å². The topological polar surface area (TPSA) is 124 Å². The van der Waals surface area contributed by atoms with E-state index in [1.165, 1.54) is 0 Å². The molecule has 0 bridgehead atoms. The summed E-state index contributed by atoms with van der Waals surface area (Å²) in [5.41, 5.74) is 6.82. The van der Waals surface area contributed by atoms with Crippen molar-refractivity contribution in [1.82, 2.24) is 15.4 Å². The van der Waals surface area contributed by atoms with Crippen molar-refractivity contribution in [3.05, 3.63) is 58.7 Å². The van der Waals surface area contributed by atoms with Gasteiger partial charge in [-0.05, 0) is 43.3 Å². The molecular formula is C18H18ClN5O3. The molecule has 0 aliphatic rings. The largest absolute Gasteiger partial charge is 0.484 e. The molecule has 3 aromatic rings. The van der Waals surface area contributed by atoms with Crippen LogP contribution in [0.5, 0.6) is 5.75 Å². The van der Waals surface area contributed by atoms with Crippen molar-refractivity contribution in [2.45, 2.75) is 6.92 Å². The highest BCUT2D eigenvalue weighted by molar-refractivity contribution is 6.30. The highest BCUT2D eigenvalue weighted by atomic mass is 35.5. The minimum atomic E-state index is -0.470. The SMILES string of the molecule is Cc1c(C(=O)NN)c2cc(OCC(=O)NN)ccc2n1-c1cccc(Cl)c1. The number of amides is 2. The van der Waals surface area contributed by atoms with E-state index in [0.29, 0.717) is 27.4 Å². The molecule has 0 fully saturated rings. The zero-order chi connectivity index (χ0) is 19.6. The van der Waals surface area contributed by atoms with Crippen LogP contribution in [0.15, 0.2) is 42.5 Å². The number of aromatic nitrogens is 1. The number of halogens is 1. The Kier molecular flexibility index (Phi) is 5.31. The molecule has 0 spiro atoms. The van der Waals surface area contributed by atoms with Crippen LogP contribution < -0.4 is 27.3 Å². The Morgan fingerprint density at radius 3 is 2.59 bits per heavy atom. The van der Waals surface area contributed by atoms with E-state index in [1.807, 2.05) is 29.0 Å². The molecule has 27 heavy (non-hydrogen) atoms. The third-order valence-corrected chi connectivity index (χ3v) is 4.37. The first-order valence-electron chi connectivity index (χ1n) is 8.00. The van der Waals surface area contributed by atoms with Crippen LogP contribution in [0.3, 0.4) is 0 Å². The molecule has 0 aliphatic carbocycles. The quantitative estimate of drug-likeness (QED) is 0.300. The fourth-order valence-corrected chi connectivity index (χ4v) is 3.17. The Bertz CT molecular complexity index is 1030. The summed E-state index contributed by atoms with van der Waals surface area (Å²) in [7, 11) is 0. The number of hydrogen-bond acceptors (Lipinski definition) is 5. The summed E-state index contributed by atoms with van der Waals surface area (Å²) in [6, 6.07) is 12.5. The summed E-state index contributed by atoms with van der Waals surface area (Å²) in [4.78, 5) is 23.7. The molecule has 0 aliphatic heterocycles. The number of rotatable bonds is 5. The maximum atomic E-state index is 12.4. The Hall–Kier alpha value is -3.07. The van der Waals surface area contributed by atoms with Crippen LogP contribution in [-0.2, 0) is 4.79 Å². The van der Waals surface area contributed by atoms with Gasteiger partial charge in [-0.3, -0.25) is 20.4 Å². The molecule has 0 radical (unpaired) electrons. The number of fused-ring (bicyclic) bond motifs is 1. The molecule has 0 saturated carbocycles. The Morgan fingerprint density at radius 2 is 1.93 bits per heavy atom. The van der Waals surface area contributed by atoms with Gasteiger partial charge in [0.15, 0.2) is 6.61 Å². The van der Waals surface area contributed by atoms with Gasteiger partial charge in [-0.1, -0.05) is 17.7 Å². The highest BCUT2D eigenvalue weighted by Crippen LogP contribution is 2.32. The average molecular weight is 388 g/mol. The molecule has 140 valence electrons. The molecule has 9 heteroatoms. The normalized spacial score (nSPS) is 10.7. The Morgan fingerprint density at radius 1 is 1.15 bits per heavy atom. The van der Waals surface area contributed by atoms with E-state index in [4.69, 9.17) is 28.0 Å². The lowest BCUT2D eigenvalue weighted by Crippen LogP contribution is -2.34. The molecule has 2 amide bonds. The van der Waals surface area contributed by atoms with Gasteiger partial charge in [0.2, 0.25) is 0 Å². The first-order chi connectivity index (χ1) is 13.0. The number of hydrazine groups is 2. The lowest BCUT2D eigenvalue weighted by molar-refractivity contribution is -0.123. The van der Waals surface area contributed by atoms with Crippen molar-refractivity contribution in [3.63, 3.8) is 0 Å². The minimum Gasteiger partial charge on any atom is -0.484 e. The van der Waals surface area contributed by atoms with Gasteiger partial charge in [-0.2, -0.15) is 0 Å². The van der Waals surface area contributed by atoms with Crippen LogP contribution in [0.4, 0.5) is 0 Å². The number of hydrogen-bond donors (Lipinski definition) is 4. The van der Waals surface area contributed by atoms with Gasteiger partial charge in [0.05, 0.1) is 11.1 Å². The van der Waals surface area contributed by atoms with E-state index in [1.54, 1.807) is 30.3 Å². The molecule has 1 heterocycles. The third-order valence-electron chi connectivity index (χ3n) is 4.13. The first-order valence-corrected chi connectivity index (χ1v) is 8.38. The van der Waals surface area contributed by atoms with Gasteiger partial charge in [0.1, 0.15) is 5.75 Å². The van der Waals surface area contributed by atoms with E-state index in [9.17, 15) is 9.59 Å². The molecule has 6 N–H and O–H groups in total. The number of benzene rings is 2. The van der Waals surface area contributed by atoms with Crippen LogP contribution in [0, 0.1) is 6.92 Å². The second-order valence-corrected chi connectivity index (χ2v) is 6.22. The van der Waals surface area contributed by atoms with Crippen molar-refractivity contribution in [3.8, 4) is 11.4 Å². The molecule has 3 rings (SSSR count). The van der Waals surface area contributed by atoms with Gasteiger partial charge < -0.3 is 9.30 Å². The van der Waals surface area contributed by atoms with E-state index in [0.717, 1.165) is 11.2 Å². The fourth-order valence-electron chi connectivity index (χ4n) is 2.98. The second kappa shape index (κ2) is 7.67. The average Bonchev–Trinajstić information content (AvgIpc) is 2.96. The van der Waals surface area contributed by atoms with Crippen LogP contribution in [-0.4, -0.2) is 23.0 Å². The second-order valence-electron chi connectivity index (χ2n) is 5.78. The maximum Gasteiger partial charge on any atom is 0.271 e. The zero-order valence-electron chi connectivity index (χ0n) is 14.5. The summed E-state index contributed by atoms with van der Waals surface area (Å²) in [5.74, 6) is 9.92. The number of ether oxygens (including phenoxy) is 1. The number of nitrogens with zero attached hydrogens (tertiary/aromatic N) is 1. The molecule has 1 aromatic heterocycles. The third kappa shape index (κ3) is 3.59. The van der Waals surface area contributed by atoms with Gasteiger partial charge >= 0.3 is 0 Å². The van der Waals surface area contributed by atoms with Gasteiger partial charge in [0, 0.05) is 21.8 Å². The fraction of sp³-hybridized carbons (Fsp3) is 0.111. The molecular weight excluding hydrogens is 370 g/mol. The van der Waals surface area contributed by atoms with Crippen LogP contribution in [0.2, 0.25) is 5.02 Å². The van der Waals surface area contributed by atoms with E-state index >= 15 is 0 Å². The predicted molar refractivity (Wildman–Crippen MR) is 103 cm³/mol. The summed E-state index contributed by atoms with van der Waals surface area (Å²) in [6.07, 6.45) is 0. The van der Waals surface area contributed by atoms with Crippen molar-refractivity contribution in [1.29, 1.82) is 0 Å². The monoisotopic (exact) mass is 387 g/mol. The van der Waals surface area contributed by atoms with E-state index < -0.39 is 11.8 Å². The first kappa shape index (κ1) is 18.7. The van der Waals surface area contributed by atoms with Gasteiger partial charge in [-0.25, -0.2) is 11.7 Å². The predicted octanol–water partition coefficient (Wildman–Crippen LogP) is 1.56. The minimum absolute atomic E-state index is 0.242. The summed E-state index contributed by atoms with van der Waals surface area (Å²) in [6.45, 7) is 1.57. The van der Waals surface area contributed by atoms with Gasteiger partial charge in [0.25, 0.3) is 11.8 Å². The Labute approximate surface area is 160 Å². The summed E-state index contributed by atoms with van der Waals surface area (Å²) in [5, 5.41) is 1.20. The highest BCUT2D eigenvalue weighted by Gasteiger charge is 2.21. The number of carbonyl (C=O) groups excluding carboxylic acids is 2. The van der Waals surface area contributed by atoms with E-state index in [2.05, 4.69) is 5.43 Å². The van der Waals surface area contributed by atoms with Crippen molar-refractivity contribution in [2.24, 2.45) is 11.7 Å². The lowest BCUT2D eigenvalue weighted by atomic mass is 10.1. The van der Waals surface area contributed by atoms with Crippen molar-refractivity contribution < 1.29 is 14.3 Å². The van der Waals surface area contributed by atoms with Crippen LogP contribution in [0.25, 0.3) is 16.6 Å². The van der Waals surface area contributed by atoms with Crippen molar-refractivity contribution in [2.75, 3.05) is 6.61 Å². The lowest BCUT2D eigenvalue weighted by Gasteiger charge is -2.09. The van der Waals surface area contributed by atoms with Crippen molar-refractivity contribution >= 4 is 34.3 Å². The Balaban J connectivity index is 2.18. The molecule has 0 atom stereocenters. The van der Waals surface area contributed by atoms with Crippen LogP contribution in [0.1, 0.15) is 16.1 Å². The summed E-state index contributed by atoms with van der Waals surface area (Å²) >= 11 is 6.12. The molecule has 0 unspecified atom stereocenters. The standard InChI is InChI=1S/C18H18ClN5O3/c1-10-17(18(26)23-21)14-8-13(27-9-16(25)22-20)5-6-15(14)24(10)12-4-2-3-11(19)7-12/h2-8H,9,20-21H2,1H3,(H,22,25)(H,23,26).